The molecule has 102 valence electrons. The van der Waals surface area contributed by atoms with Gasteiger partial charge in [-0.2, -0.15) is 0 Å². The molecule has 0 aliphatic rings. The Morgan fingerprint density at radius 2 is 1.56 bits per heavy atom. The van der Waals surface area contributed by atoms with Crippen LogP contribution < -0.4 is 4.90 Å². The van der Waals surface area contributed by atoms with Crippen molar-refractivity contribution in [1.82, 2.24) is 0 Å². The Morgan fingerprint density at radius 1 is 1.06 bits per heavy atom. The molecule has 4 nitrogen and oxygen atoms in total. The van der Waals surface area contributed by atoms with Crippen molar-refractivity contribution in [2.24, 2.45) is 0 Å². The SMILES string of the molecule is CCC(N(C)c1ccccc1)[Si](OC)(OC)OC. The molecule has 0 saturated heterocycles. The van der Waals surface area contributed by atoms with Gasteiger partial charge < -0.3 is 18.2 Å². The maximum absolute atomic E-state index is 5.58. The highest BCUT2D eigenvalue weighted by molar-refractivity contribution is 6.63. The van der Waals surface area contributed by atoms with Crippen molar-refractivity contribution in [1.29, 1.82) is 0 Å². The van der Waals surface area contributed by atoms with Crippen molar-refractivity contribution in [2.75, 3.05) is 33.3 Å². The number of hydrogen-bond acceptors (Lipinski definition) is 4. The van der Waals surface area contributed by atoms with Gasteiger partial charge in [-0.1, -0.05) is 25.1 Å². The van der Waals surface area contributed by atoms with Crippen LogP contribution in [0.25, 0.3) is 0 Å². The summed E-state index contributed by atoms with van der Waals surface area (Å²) in [6, 6.07) is 10.2. The lowest BCUT2D eigenvalue weighted by Crippen LogP contribution is -2.60. The predicted molar refractivity (Wildman–Crippen MR) is 75.7 cm³/mol. The quantitative estimate of drug-likeness (QED) is 0.711. The second-order valence-electron chi connectivity index (χ2n) is 4.09. The minimum atomic E-state index is -2.67. The highest BCUT2D eigenvalue weighted by Crippen LogP contribution is 2.24. The van der Waals surface area contributed by atoms with E-state index in [2.05, 4.69) is 24.0 Å². The predicted octanol–water partition coefficient (Wildman–Crippen LogP) is 2.32. The summed E-state index contributed by atoms with van der Waals surface area (Å²) in [6.45, 7) is 2.11. The molecule has 0 radical (unpaired) electrons. The summed E-state index contributed by atoms with van der Waals surface area (Å²) in [5.41, 5.74) is 1.23. The molecule has 1 aromatic carbocycles. The molecule has 0 fully saturated rings. The maximum atomic E-state index is 5.58. The summed E-state index contributed by atoms with van der Waals surface area (Å²) in [7, 11) is 4.34. The third-order valence-corrected chi connectivity index (χ3v) is 6.60. The van der Waals surface area contributed by atoms with Gasteiger partial charge in [0, 0.05) is 34.1 Å². The zero-order valence-corrected chi connectivity index (χ0v) is 12.8. The number of benzene rings is 1. The Hall–Kier alpha value is -0.883. The summed E-state index contributed by atoms with van der Waals surface area (Å²) in [5.74, 6) is 0. The van der Waals surface area contributed by atoms with Crippen molar-refractivity contribution in [3.05, 3.63) is 30.3 Å². The van der Waals surface area contributed by atoms with Crippen LogP contribution in [0.15, 0.2) is 30.3 Å². The molecule has 1 aromatic rings. The molecule has 1 atom stereocenters. The van der Waals surface area contributed by atoms with Gasteiger partial charge in [0.1, 0.15) is 0 Å². The van der Waals surface area contributed by atoms with E-state index in [1.807, 2.05) is 25.2 Å². The lowest BCUT2D eigenvalue weighted by molar-refractivity contribution is 0.111. The largest absolute Gasteiger partial charge is 0.523 e. The molecule has 0 aliphatic carbocycles. The fourth-order valence-corrected chi connectivity index (χ4v) is 4.70. The Bertz CT molecular complexity index is 335. The van der Waals surface area contributed by atoms with Gasteiger partial charge in [0.05, 0.1) is 5.67 Å². The van der Waals surface area contributed by atoms with E-state index in [1.54, 1.807) is 21.3 Å². The van der Waals surface area contributed by atoms with Crippen LogP contribution in [0.2, 0.25) is 0 Å². The molecule has 0 spiro atoms. The summed E-state index contributed by atoms with van der Waals surface area (Å²) >= 11 is 0. The first-order valence-electron chi connectivity index (χ1n) is 6.08. The van der Waals surface area contributed by atoms with Crippen molar-refractivity contribution in [3.8, 4) is 0 Å². The van der Waals surface area contributed by atoms with Gasteiger partial charge in [-0.3, -0.25) is 0 Å². The molecule has 18 heavy (non-hydrogen) atoms. The fraction of sp³-hybridized carbons (Fsp3) is 0.538. The molecule has 0 N–H and O–H groups in total. The minimum Gasteiger partial charge on any atom is -0.376 e. The molecule has 5 heteroatoms. The van der Waals surface area contributed by atoms with E-state index in [4.69, 9.17) is 13.3 Å². The first-order chi connectivity index (χ1) is 8.65. The zero-order valence-electron chi connectivity index (χ0n) is 11.8. The summed E-state index contributed by atoms with van der Waals surface area (Å²) < 4.78 is 16.8. The topological polar surface area (TPSA) is 30.9 Å². The van der Waals surface area contributed by atoms with E-state index < -0.39 is 8.80 Å². The fourth-order valence-electron chi connectivity index (χ4n) is 2.26. The average Bonchev–Trinajstić information content (AvgIpc) is 2.45. The lowest BCUT2D eigenvalue weighted by atomic mass is 10.3. The van der Waals surface area contributed by atoms with Gasteiger partial charge in [0.15, 0.2) is 0 Å². The van der Waals surface area contributed by atoms with E-state index in [0.717, 1.165) is 12.1 Å². The van der Waals surface area contributed by atoms with Crippen LogP contribution in [0.3, 0.4) is 0 Å². The van der Waals surface area contributed by atoms with Gasteiger partial charge in [-0.25, -0.2) is 0 Å². The average molecular weight is 269 g/mol. The van der Waals surface area contributed by atoms with Gasteiger partial charge >= 0.3 is 8.80 Å². The monoisotopic (exact) mass is 269 g/mol. The van der Waals surface area contributed by atoms with Crippen LogP contribution in [0, 0.1) is 0 Å². The van der Waals surface area contributed by atoms with Gasteiger partial charge in [0.25, 0.3) is 0 Å². The number of para-hydroxylation sites is 1. The van der Waals surface area contributed by atoms with Crippen molar-refractivity contribution < 1.29 is 13.3 Å². The van der Waals surface area contributed by atoms with E-state index in [1.165, 1.54) is 0 Å². The van der Waals surface area contributed by atoms with Gasteiger partial charge in [-0.15, -0.1) is 0 Å². The number of rotatable bonds is 7. The van der Waals surface area contributed by atoms with Crippen molar-refractivity contribution in [2.45, 2.75) is 19.0 Å². The lowest BCUT2D eigenvalue weighted by Gasteiger charge is -2.38. The van der Waals surface area contributed by atoms with Crippen LogP contribution in [-0.4, -0.2) is 42.8 Å². The van der Waals surface area contributed by atoms with Gasteiger partial charge in [-0.05, 0) is 18.6 Å². The molecular formula is C13H23NO3Si. The highest BCUT2D eigenvalue weighted by atomic mass is 28.4. The van der Waals surface area contributed by atoms with Crippen LogP contribution >= 0.6 is 0 Å². The molecule has 1 rings (SSSR count). The Morgan fingerprint density at radius 3 is 1.94 bits per heavy atom. The van der Waals surface area contributed by atoms with E-state index in [-0.39, 0.29) is 5.67 Å². The molecule has 1 unspecified atom stereocenters. The minimum absolute atomic E-state index is 0.0971. The van der Waals surface area contributed by atoms with Crippen molar-refractivity contribution in [3.63, 3.8) is 0 Å². The standard InChI is InChI=1S/C13H23NO3Si/c1-6-13(18(15-3,16-4)17-5)14(2)12-10-8-7-9-11-12/h7-11,13H,6H2,1-5H3. The zero-order chi connectivity index (χ0) is 13.6. The first kappa shape index (κ1) is 15.2. The Labute approximate surface area is 111 Å². The maximum Gasteiger partial charge on any atom is 0.523 e. The molecule has 0 bridgehead atoms. The molecule has 0 amide bonds. The number of anilines is 1. The molecule has 0 saturated carbocycles. The third kappa shape index (κ3) is 2.92. The van der Waals surface area contributed by atoms with Crippen LogP contribution in [0.1, 0.15) is 13.3 Å². The van der Waals surface area contributed by atoms with E-state index in [9.17, 15) is 0 Å². The second-order valence-corrected chi connectivity index (χ2v) is 7.18. The van der Waals surface area contributed by atoms with Gasteiger partial charge in [0.2, 0.25) is 0 Å². The molecular weight excluding hydrogens is 246 g/mol. The Balaban J connectivity index is 3.02. The number of nitrogens with zero attached hydrogens (tertiary/aromatic N) is 1. The molecule has 0 aromatic heterocycles. The first-order valence-corrected chi connectivity index (χ1v) is 7.88. The second kappa shape index (κ2) is 6.89. The van der Waals surface area contributed by atoms with Crippen LogP contribution in [0.4, 0.5) is 5.69 Å². The van der Waals surface area contributed by atoms with E-state index in [0.29, 0.717) is 0 Å². The summed E-state index contributed by atoms with van der Waals surface area (Å²) in [6.07, 6.45) is 0.896. The normalized spacial score (nSPS) is 13.4. The molecule has 0 heterocycles. The van der Waals surface area contributed by atoms with Crippen molar-refractivity contribution >= 4 is 14.5 Å². The highest BCUT2D eigenvalue weighted by Gasteiger charge is 2.48. The van der Waals surface area contributed by atoms with E-state index >= 15 is 0 Å². The van der Waals surface area contributed by atoms with Crippen LogP contribution in [-0.2, 0) is 13.3 Å². The molecule has 0 aliphatic heterocycles. The Kier molecular flexibility index (Phi) is 5.81. The third-order valence-electron chi connectivity index (χ3n) is 3.28. The summed E-state index contributed by atoms with van der Waals surface area (Å²) in [5, 5.41) is 0. The summed E-state index contributed by atoms with van der Waals surface area (Å²) in [4.78, 5) is 2.17. The smallest absolute Gasteiger partial charge is 0.376 e. The number of hydrogen-bond donors (Lipinski definition) is 0. The van der Waals surface area contributed by atoms with Crippen LogP contribution in [0.5, 0.6) is 0 Å².